The lowest BCUT2D eigenvalue weighted by atomic mass is 9.83. The lowest BCUT2D eigenvalue weighted by molar-refractivity contribution is -0.137. The number of imide groups is 1. The third-order valence-electron chi connectivity index (χ3n) is 7.68. The third kappa shape index (κ3) is 5.75. The fourth-order valence-electron chi connectivity index (χ4n) is 5.55. The number of benzene rings is 3. The van der Waals surface area contributed by atoms with Crippen molar-refractivity contribution in [1.29, 1.82) is 0 Å². The first-order chi connectivity index (χ1) is 21.3. The van der Waals surface area contributed by atoms with Crippen LogP contribution in [0.3, 0.4) is 0 Å². The lowest BCUT2D eigenvalue weighted by Gasteiger charge is -2.31. The van der Waals surface area contributed by atoms with E-state index in [2.05, 4.69) is 5.32 Å². The Bertz CT molecular complexity index is 1870. The summed E-state index contributed by atoms with van der Waals surface area (Å²) < 4.78 is 41.9. The molecule has 3 amide bonds. The number of nitrogens with zero attached hydrogens (tertiary/aromatic N) is 3. The van der Waals surface area contributed by atoms with Gasteiger partial charge in [0.1, 0.15) is 11.8 Å². The maximum Gasteiger partial charge on any atom is 0.416 e. The van der Waals surface area contributed by atoms with Gasteiger partial charge in [-0.25, -0.2) is 4.90 Å². The van der Waals surface area contributed by atoms with Gasteiger partial charge in [-0.2, -0.15) is 13.2 Å². The number of hydrogen-bond acceptors (Lipinski definition) is 7. The number of aromatic nitrogens is 1. The minimum atomic E-state index is -4.67. The van der Waals surface area contributed by atoms with Crippen molar-refractivity contribution in [1.82, 2.24) is 4.57 Å². The molecule has 4 aromatic rings. The molecule has 0 radical (unpaired) electrons. The van der Waals surface area contributed by atoms with Gasteiger partial charge in [0.2, 0.25) is 17.7 Å². The standard InChI is InChI=1S/C31H24ClF3N4O4S2/c1-37(2)20-12-6-16(7-13-20)23-24-25(28(42)39(27(24)41)21-5-3-4-17(14-21)31(33,34)35)44-29-26(23)45-30(43)38(29)15-22(40)36-19-10-8-18(32)9-11-19/h3-14,23-25H,15H2,1-2H3,(H,36,40). The predicted molar refractivity (Wildman–Crippen MR) is 168 cm³/mol. The minimum Gasteiger partial charge on any atom is -0.378 e. The topological polar surface area (TPSA) is 91.7 Å². The first kappa shape index (κ1) is 30.9. The van der Waals surface area contributed by atoms with E-state index in [4.69, 9.17) is 11.6 Å². The van der Waals surface area contributed by atoms with Crippen molar-refractivity contribution in [2.24, 2.45) is 5.92 Å². The zero-order chi connectivity index (χ0) is 32.2. The van der Waals surface area contributed by atoms with E-state index in [1.807, 2.05) is 43.3 Å². The second-order valence-corrected chi connectivity index (χ2v) is 13.3. The van der Waals surface area contributed by atoms with Crippen LogP contribution in [0.4, 0.5) is 30.2 Å². The number of anilines is 3. The summed E-state index contributed by atoms with van der Waals surface area (Å²) in [5.74, 6) is -3.59. The molecule has 2 aliphatic rings. The number of amides is 3. The first-order valence-electron chi connectivity index (χ1n) is 13.6. The highest BCUT2D eigenvalue weighted by molar-refractivity contribution is 8.00. The van der Waals surface area contributed by atoms with Crippen LogP contribution < -0.4 is 20.0 Å². The molecule has 0 spiro atoms. The second-order valence-electron chi connectivity index (χ2n) is 10.8. The van der Waals surface area contributed by atoms with E-state index in [1.165, 1.54) is 10.6 Å². The van der Waals surface area contributed by atoms with Gasteiger partial charge in [-0.1, -0.05) is 52.9 Å². The fourth-order valence-corrected chi connectivity index (χ4v) is 8.45. The quantitative estimate of drug-likeness (QED) is 0.250. The summed E-state index contributed by atoms with van der Waals surface area (Å²) in [7, 11) is 3.74. The van der Waals surface area contributed by atoms with Crippen molar-refractivity contribution in [3.05, 3.63) is 103 Å². The minimum absolute atomic E-state index is 0.181. The van der Waals surface area contributed by atoms with E-state index < -0.39 is 51.4 Å². The van der Waals surface area contributed by atoms with Crippen LogP contribution in [0.2, 0.25) is 5.02 Å². The molecule has 0 saturated carbocycles. The SMILES string of the molecule is CN(C)c1ccc(C2c3sc(=O)n(CC(=O)Nc4ccc(Cl)cc4)c3SC3C(=O)N(c4cccc(C(F)(F)F)c4)C(=O)C32)cc1. The molecule has 3 aromatic carbocycles. The molecular formula is C31H24ClF3N4O4S2. The van der Waals surface area contributed by atoms with Gasteiger partial charge in [0.25, 0.3) is 0 Å². The third-order valence-corrected chi connectivity index (χ3v) is 10.5. The highest BCUT2D eigenvalue weighted by Gasteiger charge is 2.57. The summed E-state index contributed by atoms with van der Waals surface area (Å²) in [6, 6.07) is 17.9. The molecule has 8 nitrogen and oxygen atoms in total. The van der Waals surface area contributed by atoms with Crippen LogP contribution in [0.25, 0.3) is 0 Å². The van der Waals surface area contributed by atoms with E-state index in [1.54, 1.807) is 24.3 Å². The highest BCUT2D eigenvalue weighted by Crippen LogP contribution is 2.54. The van der Waals surface area contributed by atoms with Crippen LogP contribution in [0, 0.1) is 5.92 Å². The van der Waals surface area contributed by atoms with Gasteiger partial charge in [-0.15, -0.1) is 0 Å². The molecule has 6 rings (SSSR count). The smallest absolute Gasteiger partial charge is 0.378 e. The summed E-state index contributed by atoms with van der Waals surface area (Å²) in [5.41, 5.74) is 0.840. The molecule has 0 aliphatic carbocycles. The number of carbonyl (C=O) groups is 3. The molecule has 1 fully saturated rings. The molecule has 232 valence electrons. The van der Waals surface area contributed by atoms with Gasteiger partial charge in [0, 0.05) is 41.3 Å². The van der Waals surface area contributed by atoms with Crippen molar-refractivity contribution in [2.45, 2.75) is 28.9 Å². The molecule has 3 heterocycles. The van der Waals surface area contributed by atoms with Crippen molar-refractivity contribution in [3.8, 4) is 0 Å². The van der Waals surface area contributed by atoms with Gasteiger partial charge in [0.15, 0.2) is 0 Å². The number of thioether (sulfide) groups is 1. The summed E-state index contributed by atoms with van der Waals surface area (Å²) in [4.78, 5) is 57.0. The molecule has 1 saturated heterocycles. The molecule has 14 heteroatoms. The van der Waals surface area contributed by atoms with E-state index >= 15 is 0 Å². The van der Waals surface area contributed by atoms with Gasteiger partial charge >= 0.3 is 11.0 Å². The number of hydrogen-bond donors (Lipinski definition) is 1. The number of rotatable bonds is 6. The molecule has 45 heavy (non-hydrogen) atoms. The molecule has 2 aliphatic heterocycles. The van der Waals surface area contributed by atoms with E-state index in [9.17, 15) is 32.3 Å². The molecule has 3 atom stereocenters. The maximum atomic E-state index is 14.0. The largest absolute Gasteiger partial charge is 0.416 e. The molecule has 3 unspecified atom stereocenters. The molecular weight excluding hydrogens is 649 g/mol. The monoisotopic (exact) mass is 672 g/mol. The van der Waals surface area contributed by atoms with Crippen LogP contribution in [0.1, 0.15) is 21.9 Å². The number of thiazole rings is 1. The average Bonchev–Trinajstić information content (AvgIpc) is 3.44. The predicted octanol–water partition coefficient (Wildman–Crippen LogP) is 6.08. The normalized spacial score (nSPS) is 19.3. The first-order valence-corrected chi connectivity index (χ1v) is 15.7. The van der Waals surface area contributed by atoms with Crippen LogP contribution in [0.5, 0.6) is 0 Å². The second kappa shape index (κ2) is 11.7. The Hall–Kier alpha value is -4.07. The van der Waals surface area contributed by atoms with Gasteiger partial charge < -0.3 is 10.2 Å². The number of halogens is 4. The van der Waals surface area contributed by atoms with Gasteiger partial charge in [-0.3, -0.25) is 23.7 Å². The number of alkyl halides is 3. The Labute approximate surface area is 268 Å². The number of nitrogens with one attached hydrogen (secondary N) is 1. The fraction of sp³-hybridized carbons (Fsp3) is 0.226. The average molecular weight is 673 g/mol. The van der Waals surface area contributed by atoms with Crippen molar-refractivity contribution in [3.63, 3.8) is 0 Å². The van der Waals surface area contributed by atoms with Crippen molar-refractivity contribution >= 4 is 69.5 Å². The molecule has 1 aromatic heterocycles. The van der Waals surface area contributed by atoms with E-state index in [0.717, 1.165) is 51.9 Å². The Morgan fingerprint density at radius 1 is 0.978 bits per heavy atom. The van der Waals surface area contributed by atoms with E-state index in [-0.39, 0.29) is 12.2 Å². The summed E-state index contributed by atoms with van der Waals surface area (Å²) in [5, 5.41) is 2.53. The van der Waals surface area contributed by atoms with Gasteiger partial charge in [-0.05, 0) is 60.2 Å². The van der Waals surface area contributed by atoms with Gasteiger partial charge in [0.05, 0.1) is 22.2 Å². The van der Waals surface area contributed by atoms with Crippen LogP contribution in [0.15, 0.2) is 82.6 Å². The van der Waals surface area contributed by atoms with Crippen molar-refractivity contribution in [2.75, 3.05) is 29.2 Å². The lowest BCUT2D eigenvalue weighted by Crippen LogP contribution is -2.33. The Morgan fingerprint density at radius 3 is 2.31 bits per heavy atom. The Balaban J connectivity index is 1.41. The van der Waals surface area contributed by atoms with Crippen LogP contribution >= 0.6 is 34.7 Å². The van der Waals surface area contributed by atoms with Crippen LogP contribution in [-0.2, 0) is 27.1 Å². The zero-order valence-electron chi connectivity index (χ0n) is 23.7. The zero-order valence-corrected chi connectivity index (χ0v) is 26.1. The summed E-state index contributed by atoms with van der Waals surface area (Å²) in [6.45, 7) is -0.358. The summed E-state index contributed by atoms with van der Waals surface area (Å²) >= 11 is 7.80. The van der Waals surface area contributed by atoms with E-state index in [0.29, 0.717) is 26.2 Å². The Kier molecular flexibility index (Phi) is 8.04. The highest BCUT2D eigenvalue weighted by atomic mass is 35.5. The Morgan fingerprint density at radius 2 is 1.67 bits per heavy atom. The summed E-state index contributed by atoms with van der Waals surface area (Å²) in [6.07, 6.45) is -4.67. The number of carbonyl (C=O) groups excluding carboxylic acids is 3. The maximum absolute atomic E-state index is 14.0. The number of fused-ring (bicyclic) bond motifs is 2. The molecule has 1 N–H and O–H groups in total. The molecule has 0 bridgehead atoms. The van der Waals surface area contributed by atoms with Crippen molar-refractivity contribution < 1.29 is 27.6 Å². The van der Waals surface area contributed by atoms with Crippen LogP contribution in [-0.4, -0.2) is 41.6 Å².